The van der Waals surface area contributed by atoms with Gasteiger partial charge in [-0.05, 0) is 17.5 Å². The number of nitrogens with zero attached hydrogens (tertiary/aromatic N) is 3. The van der Waals surface area contributed by atoms with Crippen LogP contribution in [0.15, 0.2) is 36.1 Å². The fraction of sp³-hybridized carbons (Fsp3) is 0.0769. The summed E-state index contributed by atoms with van der Waals surface area (Å²) in [5.74, 6) is -0.0217. The van der Waals surface area contributed by atoms with Crippen LogP contribution in [0.3, 0.4) is 0 Å². The molecule has 3 aromatic rings. The van der Waals surface area contributed by atoms with E-state index in [0.29, 0.717) is 5.56 Å². The highest BCUT2D eigenvalue weighted by Crippen LogP contribution is 2.22. The number of carbonyl (C=O) groups is 1. The second kappa shape index (κ2) is 4.74. The van der Waals surface area contributed by atoms with Gasteiger partial charge >= 0.3 is 0 Å². The first kappa shape index (κ1) is 11.7. The van der Waals surface area contributed by atoms with Crippen molar-refractivity contribution in [3.05, 3.63) is 47.4 Å². The second-order valence-corrected chi connectivity index (χ2v) is 4.72. The molecule has 0 bridgehead atoms. The van der Waals surface area contributed by atoms with Crippen molar-refractivity contribution in [1.82, 2.24) is 15.0 Å². The number of ether oxygens (including phenoxy) is 1. The van der Waals surface area contributed by atoms with Gasteiger partial charge in [0.05, 0.1) is 17.3 Å². The van der Waals surface area contributed by atoms with Gasteiger partial charge in [0, 0.05) is 24.2 Å². The van der Waals surface area contributed by atoms with Crippen molar-refractivity contribution in [2.45, 2.75) is 0 Å². The Morgan fingerprint density at radius 2 is 2.11 bits per heavy atom. The maximum absolute atomic E-state index is 12.4. The van der Waals surface area contributed by atoms with Crippen LogP contribution >= 0.6 is 11.3 Å². The van der Waals surface area contributed by atoms with E-state index in [1.54, 1.807) is 17.5 Å². The molecule has 0 spiro atoms. The van der Waals surface area contributed by atoms with Crippen LogP contribution in [0.25, 0.3) is 10.2 Å². The zero-order valence-corrected chi connectivity index (χ0v) is 10.8. The quantitative estimate of drug-likeness (QED) is 0.684. The number of aromatic nitrogens is 3. The summed E-state index contributed by atoms with van der Waals surface area (Å²) >= 11 is 1.54. The van der Waals surface area contributed by atoms with Crippen LogP contribution in [-0.2, 0) is 0 Å². The van der Waals surface area contributed by atoms with E-state index in [9.17, 15) is 4.79 Å². The Morgan fingerprint density at radius 1 is 1.26 bits per heavy atom. The van der Waals surface area contributed by atoms with E-state index < -0.39 is 0 Å². The number of hydrogen-bond donors (Lipinski definition) is 0. The predicted molar refractivity (Wildman–Crippen MR) is 71.6 cm³/mol. The minimum atomic E-state index is -0.243. The molecule has 3 aromatic heterocycles. The lowest BCUT2D eigenvalue weighted by Crippen LogP contribution is -2.08. The van der Waals surface area contributed by atoms with Crippen LogP contribution in [0.4, 0.5) is 0 Å². The maximum atomic E-state index is 12.4. The largest absolute Gasteiger partial charge is 0.479 e. The third-order valence-electron chi connectivity index (χ3n) is 2.64. The van der Waals surface area contributed by atoms with Crippen LogP contribution in [-0.4, -0.2) is 27.8 Å². The van der Waals surface area contributed by atoms with Crippen molar-refractivity contribution < 1.29 is 9.53 Å². The fourth-order valence-corrected chi connectivity index (χ4v) is 2.52. The number of ketones is 1. The summed E-state index contributed by atoms with van der Waals surface area (Å²) in [5.41, 5.74) is 1.56. The first-order valence-corrected chi connectivity index (χ1v) is 6.40. The van der Waals surface area contributed by atoms with Crippen LogP contribution in [0.1, 0.15) is 16.1 Å². The molecule has 6 heteroatoms. The van der Waals surface area contributed by atoms with E-state index in [4.69, 9.17) is 4.74 Å². The van der Waals surface area contributed by atoms with E-state index >= 15 is 0 Å². The number of rotatable bonds is 3. The van der Waals surface area contributed by atoms with Gasteiger partial charge in [-0.3, -0.25) is 9.78 Å². The predicted octanol–water partition coefficient (Wildman–Crippen LogP) is 2.33. The van der Waals surface area contributed by atoms with Gasteiger partial charge < -0.3 is 4.74 Å². The SMILES string of the molecule is COc1nccnc1C(=O)c1cnc2ccsc2c1. The number of fused-ring (bicyclic) bond motifs is 1. The topological polar surface area (TPSA) is 65.0 Å². The molecule has 19 heavy (non-hydrogen) atoms. The van der Waals surface area contributed by atoms with Crippen molar-refractivity contribution >= 4 is 27.3 Å². The summed E-state index contributed by atoms with van der Waals surface area (Å²) in [7, 11) is 1.46. The Morgan fingerprint density at radius 3 is 2.95 bits per heavy atom. The Labute approximate surface area is 112 Å². The van der Waals surface area contributed by atoms with E-state index in [-0.39, 0.29) is 17.4 Å². The van der Waals surface area contributed by atoms with Crippen LogP contribution in [0.2, 0.25) is 0 Å². The summed E-state index contributed by atoms with van der Waals surface area (Å²) in [4.78, 5) is 24.6. The lowest BCUT2D eigenvalue weighted by atomic mass is 10.1. The Kier molecular flexibility index (Phi) is 2.92. The summed E-state index contributed by atoms with van der Waals surface area (Å²) in [5, 5.41) is 1.94. The standard InChI is InChI=1S/C13H9N3O2S/c1-18-13-11(14-3-4-15-13)12(17)8-6-10-9(16-7-8)2-5-19-10/h2-7H,1H3. The summed E-state index contributed by atoms with van der Waals surface area (Å²) in [6, 6.07) is 3.72. The number of hydrogen-bond acceptors (Lipinski definition) is 6. The molecule has 94 valence electrons. The van der Waals surface area contributed by atoms with E-state index in [1.165, 1.54) is 19.5 Å². The molecule has 3 heterocycles. The highest BCUT2D eigenvalue weighted by Gasteiger charge is 2.17. The second-order valence-electron chi connectivity index (χ2n) is 3.77. The molecule has 0 unspecified atom stereocenters. The summed E-state index contributed by atoms with van der Waals surface area (Å²) in [6.45, 7) is 0. The number of carbonyl (C=O) groups excluding carboxylic acids is 1. The summed E-state index contributed by atoms with van der Waals surface area (Å²) in [6.07, 6.45) is 4.49. The molecule has 0 atom stereocenters. The zero-order chi connectivity index (χ0) is 13.2. The minimum absolute atomic E-state index is 0.197. The normalized spacial score (nSPS) is 10.6. The molecule has 0 N–H and O–H groups in total. The molecule has 0 aliphatic heterocycles. The highest BCUT2D eigenvalue weighted by atomic mass is 32.1. The van der Waals surface area contributed by atoms with Crippen LogP contribution in [0, 0.1) is 0 Å². The van der Waals surface area contributed by atoms with Gasteiger partial charge in [0.2, 0.25) is 11.7 Å². The van der Waals surface area contributed by atoms with Gasteiger partial charge in [0.15, 0.2) is 5.69 Å². The van der Waals surface area contributed by atoms with E-state index in [1.807, 2.05) is 17.5 Å². The van der Waals surface area contributed by atoms with Crippen molar-refractivity contribution in [2.24, 2.45) is 0 Å². The molecule has 0 aliphatic rings. The van der Waals surface area contributed by atoms with Gasteiger partial charge in [-0.15, -0.1) is 11.3 Å². The molecule has 3 rings (SSSR count). The Hall–Kier alpha value is -2.34. The van der Waals surface area contributed by atoms with Gasteiger partial charge in [0.1, 0.15) is 0 Å². The molecule has 0 aliphatic carbocycles. The van der Waals surface area contributed by atoms with Crippen molar-refractivity contribution in [1.29, 1.82) is 0 Å². The molecule has 0 radical (unpaired) electrons. The lowest BCUT2D eigenvalue weighted by molar-refractivity contribution is 0.103. The smallest absolute Gasteiger partial charge is 0.243 e. The summed E-state index contributed by atoms with van der Waals surface area (Å²) < 4.78 is 6.01. The van der Waals surface area contributed by atoms with E-state index in [2.05, 4.69) is 15.0 Å². The van der Waals surface area contributed by atoms with Gasteiger partial charge in [-0.25, -0.2) is 9.97 Å². The molecule has 0 amide bonds. The molecule has 0 fully saturated rings. The molecular weight excluding hydrogens is 262 g/mol. The first-order valence-electron chi connectivity index (χ1n) is 5.52. The third kappa shape index (κ3) is 2.06. The maximum Gasteiger partial charge on any atom is 0.243 e. The minimum Gasteiger partial charge on any atom is -0.479 e. The van der Waals surface area contributed by atoms with Crippen LogP contribution in [0.5, 0.6) is 5.88 Å². The van der Waals surface area contributed by atoms with Crippen molar-refractivity contribution in [2.75, 3.05) is 7.11 Å². The van der Waals surface area contributed by atoms with E-state index in [0.717, 1.165) is 10.2 Å². The number of thiophene rings is 1. The molecule has 0 saturated heterocycles. The third-order valence-corrected chi connectivity index (χ3v) is 3.49. The molecular formula is C13H9N3O2S. The average molecular weight is 271 g/mol. The van der Waals surface area contributed by atoms with Gasteiger partial charge in [-0.1, -0.05) is 0 Å². The zero-order valence-electron chi connectivity index (χ0n) is 10.0. The molecule has 5 nitrogen and oxygen atoms in total. The molecule has 0 saturated carbocycles. The van der Waals surface area contributed by atoms with Gasteiger partial charge in [0.25, 0.3) is 0 Å². The van der Waals surface area contributed by atoms with Crippen molar-refractivity contribution in [3.8, 4) is 5.88 Å². The first-order chi connectivity index (χ1) is 9.29. The fourth-order valence-electron chi connectivity index (χ4n) is 1.74. The Balaban J connectivity index is 2.07. The molecule has 0 aromatic carbocycles. The lowest BCUT2D eigenvalue weighted by Gasteiger charge is -2.04. The van der Waals surface area contributed by atoms with Crippen molar-refractivity contribution in [3.63, 3.8) is 0 Å². The van der Waals surface area contributed by atoms with Crippen LogP contribution < -0.4 is 4.74 Å². The number of pyridine rings is 1. The monoisotopic (exact) mass is 271 g/mol. The van der Waals surface area contributed by atoms with Gasteiger partial charge in [-0.2, -0.15) is 0 Å². The Bertz CT molecular complexity index is 754. The average Bonchev–Trinajstić information content (AvgIpc) is 2.93. The highest BCUT2D eigenvalue weighted by molar-refractivity contribution is 7.17. The number of methoxy groups -OCH3 is 1.